The maximum Gasteiger partial charge on any atom is 0.238 e. The maximum atomic E-state index is 11.7. The average molecular weight is 404 g/mol. The molecular weight excluding hydrogens is 382 g/mol. The van der Waals surface area contributed by atoms with Crippen molar-refractivity contribution in [2.24, 2.45) is 5.14 Å². The number of nitrogens with one attached hydrogen (secondary N) is 1. The van der Waals surface area contributed by atoms with Crippen molar-refractivity contribution in [3.8, 4) is 0 Å². The summed E-state index contributed by atoms with van der Waals surface area (Å²) in [5.41, 5.74) is 3.19. The number of nitrogens with two attached hydrogens (primary N) is 1. The number of hydrogen-bond donors (Lipinski definition) is 2. The molecule has 1 aliphatic heterocycles. The number of rotatable bonds is 4. The Balaban J connectivity index is 1.64. The fourth-order valence-electron chi connectivity index (χ4n) is 3.92. The zero-order chi connectivity index (χ0) is 19.0. The van der Waals surface area contributed by atoms with E-state index in [1.165, 1.54) is 23.6 Å². The van der Waals surface area contributed by atoms with E-state index in [-0.39, 0.29) is 10.9 Å². The number of hydrogen-bond acceptors (Lipinski definition) is 3. The quantitative estimate of drug-likeness (QED) is 0.685. The van der Waals surface area contributed by atoms with Crippen molar-refractivity contribution >= 4 is 32.5 Å². The van der Waals surface area contributed by atoms with Crippen LogP contribution in [0.1, 0.15) is 36.6 Å². The van der Waals surface area contributed by atoms with Crippen molar-refractivity contribution in [2.45, 2.75) is 36.7 Å². The number of aromatic nitrogens is 1. The molecule has 27 heavy (non-hydrogen) atoms. The molecule has 3 N–H and O–H groups in total. The Morgan fingerprint density at radius 2 is 1.96 bits per heavy atom. The number of benzene rings is 2. The van der Waals surface area contributed by atoms with Crippen LogP contribution in [0.4, 0.5) is 0 Å². The van der Waals surface area contributed by atoms with Crippen LogP contribution in [0.15, 0.2) is 53.4 Å². The van der Waals surface area contributed by atoms with Crippen LogP contribution < -0.4 is 5.14 Å². The predicted molar refractivity (Wildman–Crippen MR) is 108 cm³/mol. The van der Waals surface area contributed by atoms with E-state index in [0.29, 0.717) is 11.6 Å². The van der Waals surface area contributed by atoms with E-state index >= 15 is 0 Å². The molecule has 1 aromatic heterocycles. The third-order valence-electron chi connectivity index (χ3n) is 5.17. The minimum atomic E-state index is -3.78. The second-order valence-corrected chi connectivity index (χ2v) is 9.13. The van der Waals surface area contributed by atoms with Gasteiger partial charge in [-0.1, -0.05) is 36.2 Å². The Bertz CT molecular complexity index is 1040. The lowest BCUT2D eigenvalue weighted by Gasteiger charge is -2.35. The van der Waals surface area contributed by atoms with Crippen molar-refractivity contribution in [1.82, 2.24) is 9.88 Å². The molecule has 0 saturated carbocycles. The molecule has 2 aromatic carbocycles. The number of piperidine rings is 1. The smallest absolute Gasteiger partial charge is 0.238 e. The highest BCUT2D eigenvalue weighted by atomic mass is 35.5. The standard InChI is InChI=1S/C20H22ClN3O2S/c21-16-9-14(10-17(12-16)27(22,25)26)13-24-8-4-3-7-20(24)19-11-15-5-1-2-6-18(15)23-19/h1-2,5-6,9-12,20,23H,3-4,7-8,13H2,(H2,22,25,26). The molecule has 7 heteroatoms. The second-order valence-electron chi connectivity index (χ2n) is 7.13. The first kappa shape index (κ1) is 18.5. The second kappa shape index (κ2) is 7.28. The number of likely N-dealkylation sites (tertiary alicyclic amines) is 1. The molecule has 1 fully saturated rings. The van der Waals surface area contributed by atoms with Gasteiger partial charge in [-0.3, -0.25) is 4.90 Å². The summed E-state index contributed by atoms with van der Waals surface area (Å²) in [6, 6.07) is 15.6. The summed E-state index contributed by atoms with van der Waals surface area (Å²) in [4.78, 5) is 5.99. The fourth-order valence-corrected chi connectivity index (χ4v) is 4.85. The molecule has 0 radical (unpaired) electrons. The van der Waals surface area contributed by atoms with Gasteiger partial charge in [-0.05, 0) is 60.7 Å². The van der Waals surface area contributed by atoms with Gasteiger partial charge in [0.2, 0.25) is 10.0 Å². The largest absolute Gasteiger partial charge is 0.357 e. The SMILES string of the molecule is NS(=O)(=O)c1cc(Cl)cc(CN2CCCCC2c2cc3ccccc3[nH]2)c1. The maximum absolute atomic E-state index is 11.7. The van der Waals surface area contributed by atoms with Crippen LogP contribution in [-0.2, 0) is 16.6 Å². The zero-order valence-corrected chi connectivity index (χ0v) is 16.4. The Morgan fingerprint density at radius 1 is 1.15 bits per heavy atom. The van der Waals surface area contributed by atoms with Crippen LogP contribution in [0.3, 0.4) is 0 Å². The lowest BCUT2D eigenvalue weighted by atomic mass is 9.98. The van der Waals surface area contributed by atoms with Gasteiger partial charge in [-0.25, -0.2) is 13.6 Å². The van der Waals surface area contributed by atoms with Gasteiger partial charge in [0.15, 0.2) is 0 Å². The van der Waals surface area contributed by atoms with Gasteiger partial charge >= 0.3 is 0 Å². The first-order chi connectivity index (χ1) is 12.9. The van der Waals surface area contributed by atoms with E-state index in [0.717, 1.165) is 30.5 Å². The molecule has 0 amide bonds. The first-order valence-corrected chi connectivity index (χ1v) is 11.0. The number of aromatic amines is 1. The van der Waals surface area contributed by atoms with Crippen molar-refractivity contribution in [1.29, 1.82) is 0 Å². The van der Waals surface area contributed by atoms with E-state index < -0.39 is 10.0 Å². The highest BCUT2D eigenvalue weighted by Crippen LogP contribution is 2.34. The van der Waals surface area contributed by atoms with E-state index in [4.69, 9.17) is 16.7 Å². The van der Waals surface area contributed by atoms with E-state index in [1.807, 2.05) is 18.2 Å². The minimum absolute atomic E-state index is 0.0594. The Kier molecular flexibility index (Phi) is 4.99. The van der Waals surface area contributed by atoms with Gasteiger partial charge in [-0.15, -0.1) is 0 Å². The molecule has 1 saturated heterocycles. The van der Waals surface area contributed by atoms with Crippen LogP contribution in [0.25, 0.3) is 10.9 Å². The van der Waals surface area contributed by atoms with Gasteiger partial charge in [0.1, 0.15) is 0 Å². The van der Waals surface area contributed by atoms with Crippen molar-refractivity contribution < 1.29 is 8.42 Å². The predicted octanol–water partition coefficient (Wildman–Crippen LogP) is 4.20. The molecule has 2 heterocycles. The molecule has 1 atom stereocenters. The summed E-state index contributed by atoms with van der Waals surface area (Å²) in [6.45, 7) is 1.58. The highest BCUT2D eigenvalue weighted by Gasteiger charge is 2.26. The minimum Gasteiger partial charge on any atom is -0.357 e. The average Bonchev–Trinajstić information content (AvgIpc) is 3.05. The van der Waals surface area contributed by atoms with E-state index in [9.17, 15) is 8.42 Å². The molecular formula is C20H22ClN3O2S. The van der Waals surface area contributed by atoms with Crippen molar-refractivity contribution in [2.75, 3.05) is 6.54 Å². The molecule has 5 nitrogen and oxygen atoms in total. The van der Waals surface area contributed by atoms with E-state index in [1.54, 1.807) is 6.07 Å². The normalized spacial score (nSPS) is 18.8. The summed E-state index contributed by atoms with van der Waals surface area (Å²) in [7, 11) is -3.78. The molecule has 0 aliphatic carbocycles. The number of fused-ring (bicyclic) bond motifs is 1. The number of halogens is 1. The van der Waals surface area contributed by atoms with Crippen LogP contribution in [0, 0.1) is 0 Å². The number of primary sulfonamides is 1. The highest BCUT2D eigenvalue weighted by molar-refractivity contribution is 7.89. The zero-order valence-electron chi connectivity index (χ0n) is 14.9. The summed E-state index contributed by atoms with van der Waals surface area (Å²) < 4.78 is 23.4. The Hall–Kier alpha value is -1.86. The number of sulfonamides is 1. The van der Waals surface area contributed by atoms with Gasteiger partial charge in [0.25, 0.3) is 0 Å². The van der Waals surface area contributed by atoms with Crippen LogP contribution >= 0.6 is 11.6 Å². The third-order valence-corrected chi connectivity index (χ3v) is 6.28. The van der Waals surface area contributed by atoms with Gasteiger partial charge in [0.05, 0.1) is 10.9 Å². The number of H-pyrrole nitrogens is 1. The molecule has 1 unspecified atom stereocenters. The fraction of sp³-hybridized carbons (Fsp3) is 0.300. The van der Waals surface area contributed by atoms with Crippen LogP contribution in [0.2, 0.25) is 5.02 Å². The van der Waals surface area contributed by atoms with Crippen LogP contribution in [0.5, 0.6) is 0 Å². The number of para-hydroxylation sites is 1. The topological polar surface area (TPSA) is 79.2 Å². The number of nitrogens with zero attached hydrogens (tertiary/aromatic N) is 1. The lowest BCUT2D eigenvalue weighted by Crippen LogP contribution is -2.33. The van der Waals surface area contributed by atoms with Crippen molar-refractivity contribution in [3.05, 3.63) is 64.8 Å². The van der Waals surface area contributed by atoms with Crippen LogP contribution in [-0.4, -0.2) is 24.8 Å². The lowest BCUT2D eigenvalue weighted by molar-refractivity contribution is 0.138. The molecule has 1 aliphatic rings. The summed E-state index contributed by atoms with van der Waals surface area (Å²) in [5, 5.41) is 6.87. The summed E-state index contributed by atoms with van der Waals surface area (Å²) >= 11 is 6.14. The molecule has 142 valence electrons. The third kappa shape index (κ3) is 4.04. The first-order valence-electron chi connectivity index (χ1n) is 9.04. The molecule has 4 rings (SSSR count). The summed E-state index contributed by atoms with van der Waals surface area (Å²) in [5.74, 6) is 0. The van der Waals surface area contributed by atoms with Crippen molar-refractivity contribution in [3.63, 3.8) is 0 Å². The van der Waals surface area contributed by atoms with Gasteiger partial charge in [-0.2, -0.15) is 0 Å². The Labute approximate surface area is 164 Å². The monoisotopic (exact) mass is 403 g/mol. The molecule has 3 aromatic rings. The van der Waals surface area contributed by atoms with Gasteiger partial charge < -0.3 is 4.98 Å². The Morgan fingerprint density at radius 3 is 2.74 bits per heavy atom. The molecule has 0 bridgehead atoms. The van der Waals surface area contributed by atoms with E-state index in [2.05, 4.69) is 28.1 Å². The molecule has 0 spiro atoms. The van der Waals surface area contributed by atoms with Gasteiger partial charge in [0, 0.05) is 22.8 Å². The summed E-state index contributed by atoms with van der Waals surface area (Å²) in [6.07, 6.45) is 3.36.